The van der Waals surface area contributed by atoms with Gasteiger partial charge in [0.05, 0.1) is 0 Å². The van der Waals surface area contributed by atoms with Gasteiger partial charge in [0, 0.05) is 48.5 Å². The third kappa shape index (κ3) is 4.41. The Morgan fingerprint density at radius 3 is 2.59 bits per heavy atom. The predicted octanol–water partition coefficient (Wildman–Crippen LogP) is 4.64. The highest BCUT2D eigenvalue weighted by atomic mass is 35.5. The second-order valence-electron chi connectivity index (χ2n) is 8.79. The number of hydrogen-bond donors (Lipinski definition) is 1. The number of anilines is 1. The van der Waals surface area contributed by atoms with Crippen LogP contribution < -0.4 is 10.2 Å². The van der Waals surface area contributed by atoms with Crippen molar-refractivity contribution in [2.75, 3.05) is 38.1 Å². The third-order valence-electron chi connectivity index (χ3n) is 6.60. The zero-order chi connectivity index (χ0) is 22.1. The maximum absolute atomic E-state index is 12.9. The van der Waals surface area contributed by atoms with Gasteiger partial charge in [-0.05, 0) is 79.9 Å². The van der Waals surface area contributed by atoms with Gasteiger partial charge < -0.3 is 19.5 Å². The van der Waals surface area contributed by atoms with Gasteiger partial charge in [-0.1, -0.05) is 23.7 Å². The van der Waals surface area contributed by atoms with E-state index in [1.54, 1.807) is 6.07 Å². The molecule has 3 aromatic rings. The van der Waals surface area contributed by atoms with Crippen LogP contribution >= 0.6 is 11.6 Å². The van der Waals surface area contributed by atoms with E-state index in [9.17, 15) is 4.79 Å². The highest BCUT2D eigenvalue weighted by molar-refractivity contribution is 6.30. The monoisotopic (exact) mass is 449 g/mol. The first-order valence-electron chi connectivity index (χ1n) is 11.3. The SMILES string of the molecule is CN1CCN(c2cccc3c2C[C@H](NC(=O)c2ccc(-c4ccc(Cl)cc4)o2)CC3)CC1. The maximum Gasteiger partial charge on any atom is 0.287 e. The Morgan fingerprint density at radius 2 is 1.81 bits per heavy atom. The van der Waals surface area contributed by atoms with E-state index in [-0.39, 0.29) is 11.9 Å². The number of piperazine rings is 1. The van der Waals surface area contributed by atoms with Gasteiger partial charge in [0.1, 0.15) is 5.76 Å². The number of halogens is 1. The van der Waals surface area contributed by atoms with E-state index in [0.717, 1.165) is 51.0 Å². The van der Waals surface area contributed by atoms with E-state index in [2.05, 4.69) is 40.4 Å². The molecule has 2 heterocycles. The van der Waals surface area contributed by atoms with Crippen molar-refractivity contribution in [3.63, 3.8) is 0 Å². The van der Waals surface area contributed by atoms with Crippen molar-refractivity contribution in [1.82, 2.24) is 10.2 Å². The van der Waals surface area contributed by atoms with E-state index < -0.39 is 0 Å². The van der Waals surface area contributed by atoms with E-state index in [4.69, 9.17) is 16.0 Å². The number of fused-ring (bicyclic) bond motifs is 1. The van der Waals surface area contributed by atoms with Crippen molar-refractivity contribution in [2.45, 2.75) is 25.3 Å². The predicted molar refractivity (Wildman–Crippen MR) is 129 cm³/mol. The number of likely N-dealkylation sites (N-methyl/N-ethyl adjacent to an activating group) is 1. The summed E-state index contributed by atoms with van der Waals surface area (Å²) in [6.45, 7) is 4.25. The fourth-order valence-corrected chi connectivity index (χ4v) is 4.85. The largest absolute Gasteiger partial charge is 0.451 e. The highest BCUT2D eigenvalue weighted by Crippen LogP contribution is 2.31. The fourth-order valence-electron chi connectivity index (χ4n) is 4.72. The first-order chi connectivity index (χ1) is 15.6. The number of hydrogen-bond acceptors (Lipinski definition) is 4. The van der Waals surface area contributed by atoms with Gasteiger partial charge in [-0.3, -0.25) is 4.79 Å². The summed E-state index contributed by atoms with van der Waals surface area (Å²) < 4.78 is 5.84. The standard InChI is InChI=1S/C26H28ClN3O2/c1-29-13-15-30(16-14-29)23-4-2-3-18-7-10-21(17-22(18)23)28-26(31)25-12-11-24(32-25)19-5-8-20(27)9-6-19/h2-6,8-9,11-12,21H,7,10,13-17H2,1H3,(H,28,31)/t21-/m1/s1. The average molecular weight is 450 g/mol. The lowest BCUT2D eigenvalue weighted by Gasteiger charge is -2.37. The van der Waals surface area contributed by atoms with Gasteiger partial charge in [-0.25, -0.2) is 0 Å². The van der Waals surface area contributed by atoms with Crippen LogP contribution in [0.5, 0.6) is 0 Å². The number of carbonyl (C=O) groups excluding carboxylic acids is 1. The van der Waals surface area contributed by atoms with Gasteiger partial charge in [-0.15, -0.1) is 0 Å². The highest BCUT2D eigenvalue weighted by Gasteiger charge is 2.26. The number of rotatable bonds is 4. The Balaban J connectivity index is 1.28. The van der Waals surface area contributed by atoms with Gasteiger partial charge >= 0.3 is 0 Å². The minimum absolute atomic E-state index is 0.104. The van der Waals surface area contributed by atoms with E-state index >= 15 is 0 Å². The summed E-state index contributed by atoms with van der Waals surface area (Å²) in [4.78, 5) is 17.8. The van der Waals surface area contributed by atoms with Crippen LogP contribution in [0.4, 0.5) is 5.69 Å². The second-order valence-corrected chi connectivity index (χ2v) is 9.23. The lowest BCUT2D eigenvalue weighted by Crippen LogP contribution is -2.45. The molecule has 0 saturated carbocycles. The number of carbonyl (C=O) groups is 1. The normalized spacial score (nSPS) is 18.9. The first-order valence-corrected chi connectivity index (χ1v) is 11.7. The summed E-state index contributed by atoms with van der Waals surface area (Å²) in [6.07, 6.45) is 2.78. The molecule has 2 aromatic carbocycles. The molecule has 0 unspecified atom stereocenters. The zero-order valence-electron chi connectivity index (χ0n) is 18.3. The Morgan fingerprint density at radius 1 is 1.03 bits per heavy atom. The molecule has 6 heteroatoms. The molecule has 1 fully saturated rings. The smallest absolute Gasteiger partial charge is 0.287 e. The minimum atomic E-state index is -0.157. The molecule has 1 atom stereocenters. The molecule has 1 N–H and O–H groups in total. The van der Waals surface area contributed by atoms with Crippen LogP contribution in [0.25, 0.3) is 11.3 Å². The molecule has 1 aromatic heterocycles. The van der Waals surface area contributed by atoms with Crippen LogP contribution in [0.2, 0.25) is 5.02 Å². The average Bonchev–Trinajstić information content (AvgIpc) is 3.30. The van der Waals surface area contributed by atoms with Crippen LogP contribution in [0, 0.1) is 0 Å². The molecular weight excluding hydrogens is 422 g/mol. The molecule has 1 amide bonds. The second kappa shape index (κ2) is 9.00. The maximum atomic E-state index is 12.9. The molecule has 5 rings (SSSR count). The third-order valence-corrected chi connectivity index (χ3v) is 6.85. The Labute approximate surface area is 194 Å². The van der Waals surface area contributed by atoms with E-state index in [1.807, 2.05) is 30.3 Å². The number of amides is 1. The van der Waals surface area contributed by atoms with Crippen LogP contribution in [0.3, 0.4) is 0 Å². The number of nitrogens with one attached hydrogen (secondary N) is 1. The Kier molecular flexibility index (Phi) is 5.94. The van der Waals surface area contributed by atoms with E-state index in [1.165, 1.54) is 16.8 Å². The van der Waals surface area contributed by atoms with Crippen LogP contribution in [-0.2, 0) is 12.8 Å². The first kappa shape index (κ1) is 21.1. The van der Waals surface area contributed by atoms with Crippen molar-refractivity contribution >= 4 is 23.2 Å². The Bertz CT molecular complexity index is 1100. The molecule has 1 saturated heterocycles. The summed E-state index contributed by atoms with van der Waals surface area (Å²) in [5.41, 5.74) is 5.03. The van der Waals surface area contributed by atoms with Gasteiger partial charge in [0.25, 0.3) is 5.91 Å². The molecule has 0 spiro atoms. The fraction of sp³-hybridized carbons (Fsp3) is 0.346. The lowest BCUT2D eigenvalue weighted by atomic mass is 9.86. The quantitative estimate of drug-likeness (QED) is 0.630. The number of nitrogens with zero attached hydrogens (tertiary/aromatic N) is 2. The Hall–Kier alpha value is -2.76. The summed E-state index contributed by atoms with van der Waals surface area (Å²) >= 11 is 5.97. The van der Waals surface area contributed by atoms with Crippen molar-refractivity contribution < 1.29 is 9.21 Å². The van der Waals surface area contributed by atoms with Gasteiger partial charge in [-0.2, -0.15) is 0 Å². The minimum Gasteiger partial charge on any atom is -0.451 e. The summed E-state index contributed by atoms with van der Waals surface area (Å²) in [7, 11) is 2.18. The van der Waals surface area contributed by atoms with Crippen molar-refractivity contribution in [2.24, 2.45) is 0 Å². The molecule has 0 radical (unpaired) electrons. The number of aryl methyl sites for hydroxylation is 1. The van der Waals surface area contributed by atoms with E-state index in [0.29, 0.717) is 16.5 Å². The molecule has 32 heavy (non-hydrogen) atoms. The molecule has 0 bridgehead atoms. The van der Waals surface area contributed by atoms with Crippen LogP contribution in [0.1, 0.15) is 28.1 Å². The molecule has 166 valence electrons. The van der Waals surface area contributed by atoms with Gasteiger partial charge in [0.2, 0.25) is 0 Å². The van der Waals surface area contributed by atoms with Crippen molar-refractivity contribution in [3.05, 3.63) is 76.5 Å². The topological polar surface area (TPSA) is 48.7 Å². The van der Waals surface area contributed by atoms with Crippen molar-refractivity contribution in [3.8, 4) is 11.3 Å². The zero-order valence-corrected chi connectivity index (χ0v) is 19.1. The number of furan rings is 1. The molecule has 1 aliphatic heterocycles. The van der Waals surface area contributed by atoms with Gasteiger partial charge in [0.15, 0.2) is 5.76 Å². The van der Waals surface area contributed by atoms with Crippen molar-refractivity contribution in [1.29, 1.82) is 0 Å². The summed E-state index contributed by atoms with van der Waals surface area (Å²) in [6, 6.07) is 17.7. The lowest BCUT2D eigenvalue weighted by molar-refractivity contribution is 0.0906. The molecular formula is C26H28ClN3O2. The molecule has 5 nitrogen and oxygen atoms in total. The van der Waals surface area contributed by atoms with Crippen LogP contribution in [-0.4, -0.2) is 50.1 Å². The molecule has 1 aliphatic carbocycles. The summed E-state index contributed by atoms with van der Waals surface area (Å²) in [5, 5.41) is 3.88. The molecule has 2 aliphatic rings. The van der Waals surface area contributed by atoms with Crippen LogP contribution in [0.15, 0.2) is 59.0 Å². The number of benzene rings is 2. The summed E-state index contributed by atoms with van der Waals surface area (Å²) in [5.74, 6) is 0.849.